The molecular weight excluding hydrogens is 307 g/mol. The summed E-state index contributed by atoms with van der Waals surface area (Å²) in [5.41, 5.74) is -1.38. The molecule has 0 aromatic carbocycles. The van der Waals surface area contributed by atoms with Gasteiger partial charge in [-0.3, -0.25) is 9.36 Å². The molecule has 1 saturated carbocycles. The number of hydrogen-bond donors (Lipinski definition) is 1. The number of alkyl halides is 1. The maximum Gasteiger partial charge on any atom is 0.367 e. The summed E-state index contributed by atoms with van der Waals surface area (Å²) in [6.07, 6.45) is 3.86. The average molecular weight is 325 g/mol. The lowest BCUT2D eigenvalue weighted by molar-refractivity contribution is -0.227. The molecule has 4 unspecified atom stereocenters. The summed E-state index contributed by atoms with van der Waals surface area (Å²) >= 11 is 6.19. The molecule has 0 saturated heterocycles. The van der Waals surface area contributed by atoms with Crippen LogP contribution in [0, 0.1) is 5.92 Å². The number of hydrogen-bond acceptors (Lipinski definition) is 6. The normalized spacial score (nSPS) is 39.2. The summed E-state index contributed by atoms with van der Waals surface area (Å²) in [7, 11) is -1.62. The van der Waals surface area contributed by atoms with Gasteiger partial charge in [-0.25, -0.2) is 0 Å². The maximum absolute atomic E-state index is 12.7. The molecule has 6 nitrogen and oxygen atoms in total. The molecule has 0 radical (unpaired) electrons. The lowest BCUT2D eigenvalue weighted by atomic mass is 9.67. The van der Waals surface area contributed by atoms with Crippen molar-refractivity contribution in [1.82, 2.24) is 0 Å². The largest absolute Gasteiger partial charge is 0.454 e. The number of esters is 1. The van der Waals surface area contributed by atoms with Gasteiger partial charge >= 0.3 is 13.6 Å². The van der Waals surface area contributed by atoms with E-state index in [-0.39, 0.29) is 12.8 Å². The molecule has 8 heteroatoms. The number of carbonyl (C=O) groups excluding carboxylic acids is 1. The van der Waals surface area contributed by atoms with Crippen molar-refractivity contribution < 1.29 is 28.3 Å². The lowest BCUT2D eigenvalue weighted by Gasteiger charge is -2.60. The minimum Gasteiger partial charge on any atom is -0.454 e. The van der Waals surface area contributed by atoms with Gasteiger partial charge in [-0.05, 0) is 0 Å². The van der Waals surface area contributed by atoms with Gasteiger partial charge < -0.3 is 18.9 Å². The van der Waals surface area contributed by atoms with Gasteiger partial charge in [0.1, 0.15) is 0 Å². The average Bonchev–Trinajstić information content (AvgIpc) is 2.86. The summed E-state index contributed by atoms with van der Waals surface area (Å²) in [5.74, 6) is -0.914. The molecule has 2 rings (SSSR count). The molecule has 1 fully saturated rings. The van der Waals surface area contributed by atoms with Crippen molar-refractivity contribution in [2.45, 2.75) is 36.1 Å². The Bertz CT molecular complexity index is 486. The van der Waals surface area contributed by atoms with Crippen molar-refractivity contribution in [2.75, 3.05) is 14.2 Å². The molecule has 0 heterocycles. The fourth-order valence-corrected chi connectivity index (χ4v) is 5.74. The standard InChI is InChI=1S/C12H18ClO6P/c1-4-9(14)19-11-7-5-6-8(11)10(13)12(11,15)20(16,17-2)18-3/h5-6,8,10,15H,4,7H2,1-3H3. The van der Waals surface area contributed by atoms with Crippen molar-refractivity contribution in [2.24, 2.45) is 5.92 Å². The molecule has 0 aromatic rings. The summed E-state index contributed by atoms with van der Waals surface area (Å²) in [5, 5.41) is 7.92. The topological polar surface area (TPSA) is 82.1 Å². The van der Waals surface area contributed by atoms with Gasteiger partial charge in [0.2, 0.25) is 5.34 Å². The third kappa shape index (κ3) is 1.69. The third-order valence-electron chi connectivity index (χ3n) is 4.11. The molecule has 20 heavy (non-hydrogen) atoms. The highest BCUT2D eigenvalue weighted by Gasteiger charge is 2.82. The lowest BCUT2D eigenvalue weighted by Crippen LogP contribution is -2.76. The first-order chi connectivity index (χ1) is 9.33. The first-order valence-corrected chi connectivity index (χ1v) is 8.27. The highest BCUT2D eigenvalue weighted by atomic mass is 35.5. The number of aliphatic hydroxyl groups is 1. The predicted molar refractivity (Wildman–Crippen MR) is 72.6 cm³/mol. The summed E-state index contributed by atoms with van der Waals surface area (Å²) < 4.78 is 27.9. The van der Waals surface area contributed by atoms with Crippen molar-refractivity contribution in [3.8, 4) is 0 Å². The van der Waals surface area contributed by atoms with Gasteiger partial charge in [-0.15, -0.1) is 11.6 Å². The molecule has 0 aliphatic heterocycles. The molecule has 2 aliphatic carbocycles. The molecule has 4 atom stereocenters. The third-order valence-corrected chi connectivity index (χ3v) is 7.30. The van der Waals surface area contributed by atoms with Gasteiger partial charge in [0.05, 0.1) is 5.38 Å². The SMILES string of the molecule is CCC(=O)OC12CC=CC1C(Cl)C2(O)P(=O)(OC)OC. The number of ether oxygens (including phenoxy) is 1. The Kier molecular flexibility index (Phi) is 4.08. The van der Waals surface area contributed by atoms with E-state index < -0.39 is 35.8 Å². The van der Waals surface area contributed by atoms with Crippen molar-refractivity contribution in [3.05, 3.63) is 12.2 Å². The second-order valence-electron chi connectivity index (χ2n) is 4.87. The number of fused-ring (bicyclic) bond motifs is 1. The zero-order chi connectivity index (χ0) is 15.2. The Morgan fingerprint density at radius 1 is 1.50 bits per heavy atom. The summed E-state index contributed by atoms with van der Waals surface area (Å²) in [6, 6.07) is 0. The molecule has 0 bridgehead atoms. The van der Waals surface area contributed by atoms with Gasteiger partial charge in [0.25, 0.3) is 0 Å². The minimum atomic E-state index is -3.95. The Morgan fingerprint density at radius 3 is 2.60 bits per heavy atom. The Labute approximate surface area is 122 Å². The van der Waals surface area contributed by atoms with Gasteiger partial charge in [-0.2, -0.15) is 0 Å². The van der Waals surface area contributed by atoms with E-state index in [1.165, 1.54) is 0 Å². The molecule has 0 amide bonds. The zero-order valence-electron chi connectivity index (χ0n) is 11.5. The van der Waals surface area contributed by atoms with Crippen molar-refractivity contribution >= 4 is 25.2 Å². The van der Waals surface area contributed by atoms with Gasteiger partial charge in [0, 0.05) is 33.0 Å². The first-order valence-electron chi connectivity index (χ1n) is 6.29. The molecule has 2 aliphatic rings. The highest BCUT2D eigenvalue weighted by Crippen LogP contribution is 2.75. The van der Waals surface area contributed by atoms with Crippen LogP contribution in [0.15, 0.2) is 12.2 Å². The maximum atomic E-state index is 12.7. The van der Waals surface area contributed by atoms with Crippen LogP contribution >= 0.6 is 19.2 Å². The fourth-order valence-electron chi connectivity index (χ4n) is 2.99. The number of carbonyl (C=O) groups is 1. The minimum absolute atomic E-state index is 0.141. The second kappa shape index (κ2) is 5.11. The van der Waals surface area contributed by atoms with Crippen molar-refractivity contribution in [3.63, 3.8) is 0 Å². The molecule has 1 N–H and O–H groups in total. The summed E-state index contributed by atoms with van der Waals surface area (Å²) in [6.45, 7) is 1.64. The fraction of sp³-hybridized carbons (Fsp3) is 0.750. The summed E-state index contributed by atoms with van der Waals surface area (Å²) in [4.78, 5) is 11.7. The van der Waals surface area contributed by atoms with E-state index >= 15 is 0 Å². The van der Waals surface area contributed by atoms with Crippen LogP contribution in [0.5, 0.6) is 0 Å². The van der Waals surface area contributed by atoms with Gasteiger partial charge in [0.15, 0.2) is 5.60 Å². The number of rotatable bonds is 5. The van der Waals surface area contributed by atoms with Crippen LogP contribution in [-0.4, -0.2) is 41.6 Å². The molecule has 0 spiro atoms. The van der Waals surface area contributed by atoms with Crippen LogP contribution in [0.4, 0.5) is 0 Å². The van der Waals surface area contributed by atoms with E-state index in [0.717, 1.165) is 14.2 Å². The van der Waals surface area contributed by atoms with Crippen LogP contribution in [0.1, 0.15) is 19.8 Å². The molecule has 0 aromatic heterocycles. The first kappa shape index (κ1) is 16.0. The number of halogens is 1. The van der Waals surface area contributed by atoms with Crippen LogP contribution in [-0.2, 0) is 23.1 Å². The second-order valence-corrected chi connectivity index (χ2v) is 7.74. The smallest absolute Gasteiger partial charge is 0.367 e. The Hall–Kier alpha value is -0.390. The quantitative estimate of drug-likeness (QED) is 0.361. The van der Waals surface area contributed by atoms with E-state index in [9.17, 15) is 14.5 Å². The van der Waals surface area contributed by atoms with Crippen LogP contribution in [0.2, 0.25) is 0 Å². The van der Waals surface area contributed by atoms with E-state index in [1.807, 2.05) is 0 Å². The van der Waals surface area contributed by atoms with E-state index in [0.29, 0.717) is 0 Å². The van der Waals surface area contributed by atoms with Crippen molar-refractivity contribution in [1.29, 1.82) is 0 Å². The van der Waals surface area contributed by atoms with Crippen LogP contribution < -0.4 is 0 Å². The van der Waals surface area contributed by atoms with Crippen LogP contribution in [0.25, 0.3) is 0 Å². The highest BCUT2D eigenvalue weighted by molar-refractivity contribution is 7.55. The Balaban J connectivity index is 2.46. The predicted octanol–water partition coefficient (Wildman–Crippen LogP) is 2.05. The van der Waals surface area contributed by atoms with E-state index in [4.69, 9.17) is 25.4 Å². The monoisotopic (exact) mass is 324 g/mol. The van der Waals surface area contributed by atoms with E-state index in [1.54, 1.807) is 19.1 Å². The molecular formula is C12H18ClO6P. The van der Waals surface area contributed by atoms with Crippen LogP contribution in [0.3, 0.4) is 0 Å². The van der Waals surface area contributed by atoms with E-state index in [2.05, 4.69) is 0 Å². The molecule has 114 valence electrons. The zero-order valence-corrected chi connectivity index (χ0v) is 13.2. The van der Waals surface area contributed by atoms with Gasteiger partial charge in [-0.1, -0.05) is 19.1 Å². The Morgan fingerprint density at radius 2 is 2.10 bits per heavy atom.